The fourth-order valence-corrected chi connectivity index (χ4v) is 3.10. The number of carbonyl (C=O) groups is 3. The molecule has 146 valence electrons. The van der Waals surface area contributed by atoms with E-state index in [1.807, 2.05) is 31.2 Å². The van der Waals surface area contributed by atoms with Gasteiger partial charge in [-0.25, -0.2) is 0 Å². The minimum atomic E-state index is -0.175. The number of hydrogen-bond acceptors (Lipinski definition) is 4. The van der Waals surface area contributed by atoms with Crippen molar-refractivity contribution < 1.29 is 19.1 Å². The summed E-state index contributed by atoms with van der Waals surface area (Å²) < 4.78 is 5.47. The zero-order valence-corrected chi connectivity index (χ0v) is 15.9. The smallest absolute Gasteiger partial charge is 0.251 e. The second-order valence-corrected chi connectivity index (χ2v) is 6.66. The zero-order valence-electron chi connectivity index (χ0n) is 15.9. The number of amides is 3. The number of ether oxygens (including phenoxy) is 1. The minimum Gasteiger partial charge on any atom is -0.377 e. The molecule has 6 nitrogen and oxygen atoms in total. The highest BCUT2D eigenvalue weighted by Crippen LogP contribution is 2.16. The number of rotatable bonds is 8. The first-order chi connectivity index (χ1) is 13.6. The number of nitrogens with zero attached hydrogens (tertiary/aromatic N) is 1. The second kappa shape index (κ2) is 9.28. The van der Waals surface area contributed by atoms with Crippen molar-refractivity contribution >= 4 is 17.7 Å². The van der Waals surface area contributed by atoms with Gasteiger partial charge in [0.1, 0.15) is 0 Å². The quantitative estimate of drug-likeness (QED) is 0.715. The summed E-state index contributed by atoms with van der Waals surface area (Å²) in [6, 6.07) is 14.8. The predicted octanol–water partition coefficient (Wildman–Crippen LogP) is 2.80. The summed E-state index contributed by atoms with van der Waals surface area (Å²) >= 11 is 0. The van der Waals surface area contributed by atoms with Crippen molar-refractivity contribution in [3.05, 3.63) is 70.8 Å². The summed E-state index contributed by atoms with van der Waals surface area (Å²) in [5.41, 5.74) is 3.43. The maximum atomic E-state index is 12.4. The molecule has 0 spiro atoms. The Morgan fingerprint density at radius 1 is 1.00 bits per heavy atom. The highest BCUT2D eigenvalue weighted by atomic mass is 16.5. The Balaban J connectivity index is 1.58. The molecule has 1 heterocycles. The molecular formula is C22H24N2O4. The molecule has 1 saturated heterocycles. The van der Waals surface area contributed by atoms with Crippen LogP contribution in [0.25, 0.3) is 0 Å². The van der Waals surface area contributed by atoms with Gasteiger partial charge in [-0.05, 0) is 35.7 Å². The van der Waals surface area contributed by atoms with Gasteiger partial charge in [0.25, 0.3) is 5.91 Å². The number of benzene rings is 2. The normalized spacial score (nSPS) is 13.8. The Bertz CT molecular complexity index is 845. The van der Waals surface area contributed by atoms with E-state index in [-0.39, 0.29) is 37.1 Å². The molecule has 0 bridgehead atoms. The summed E-state index contributed by atoms with van der Waals surface area (Å²) in [5, 5.41) is 2.93. The predicted molar refractivity (Wildman–Crippen MR) is 104 cm³/mol. The summed E-state index contributed by atoms with van der Waals surface area (Å²) in [5.74, 6) is -0.457. The Labute approximate surface area is 164 Å². The molecule has 1 N–H and O–H groups in total. The van der Waals surface area contributed by atoms with E-state index in [2.05, 4.69) is 5.32 Å². The van der Waals surface area contributed by atoms with Crippen LogP contribution >= 0.6 is 0 Å². The Hall–Kier alpha value is -2.99. The average Bonchev–Trinajstić information content (AvgIpc) is 3.03. The van der Waals surface area contributed by atoms with Gasteiger partial charge in [0.15, 0.2) is 0 Å². The monoisotopic (exact) mass is 380 g/mol. The van der Waals surface area contributed by atoms with E-state index in [4.69, 9.17) is 4.74 Å². The van der Waals surface area contributed by atoms with Gasteiger partial charge in [-0.3, -0.25) is 19.3 Å². The van der Waals surface area contributed by atoms with Gasteiger partial charge >= 0.3 is 0 Å². The fraction of sp³-hybridized carbons (Fsp3) is 0.318. The third kappa shape index (κ3) is 4.84. The maximum absolute atomic E-state index is 12.4. The van der Waals surface area contributed by atoms with Crippen LogP contribution in [0.1, 0.15) is 46.8 Å². The van der Waals surface area contributed by atoms with E-state index in [1.165, 1.54) is 4.90 Å². The minimum absolute atomic E-state index is 0.141. The van der Waals surface area contributed by atoms with Gasteiger partial charge in [-0.2, -0.15) is 0 Å². The van der Waals surface area contributed by atoms with Crippen molar-refractivity contribution in [1.82, 2.24) is 10.2 Å². The summed E-state index contributed by atoms with van der Waals surface area (Å²) in [6.45, 7) is 3.78. The maximum Gasteiger partial charge on any atom is 0.251 e. The Morgan fingerprint density at radius 2 is 1.64 bits per heavy atom. The molecule has 2 aromatic rings. The first kappa shape index (κ1) is 19.8. The Morgan fingerprint density at radius 3 is 2.29 bits per heavy atom. The van der Waals surface area contributed by atoms with Crippen LogP contribution in [0.3, 0.4) is 0 Å². The van der Waals surface area contributed by atoms with Crippen LogP contribution in [0.5, 0.6) is 0 Å². The standard InChI is InChI=1S/C22H24N2O4/c1-2-28-15-19-6-4-3-5-18(19)13-23-22(27)17-9-7-16(8-10-17)14-24-20(25)11-12-21(24)26/h3-10H,2,11-15H2,1H3,(H,23,27). The van der Waals surface area contributed by atoms with Gasteiger partial charge in [0, 0.05) is 31.6 Å². The lowest BCUT2D eigenvalue weighted by Crippen LogP contribution is -2.28. The molecule has 0 unspecified atom stereocenters. The third-order valence-electron chi connectivity index (χ3n) is 4.73. The molecule has 1 aliphatic rings. The van der Waals surface area contributed by atoms with Gasteiger partial charge in [0.05, 0.1) is 13.2 Å². The number of nitrogens with one attached hydrogen (secondary N) is 1. The number of hydrogen-bond donors (Lipinski definition) is 1. The zero-order chi connectivity index (χ0) is 19.9. The van der Waals surface area contributed by atoms with Crippen molar-refractivity contribution in [2.45, 2.75) is 39.5 Å². The van der Waals surface area contributed by atoms with Crippen molar-refractivity contribution in [3.63, 3.8) is 0 Å². The average molecular weight is 380 g/mol. The molecular weight excluding hydrogens is 356 g/mol. The van der Waals surface area contributed by atoms with Crippen LogP contribution in [0.15, 0.2) is 48.5 Å². The molecule has 0 atom stereocenters. The summed E-state index contributed by atoms with van der Waals surface area (Å²) in [6.07, 6.45) is 0.564. The van der Waals surface area contributed by atoms with Crippen LogP contribution in [0.2, 0.25) is 0 Å². The third-order valence-corrected chi connectivity index (χ3v) is 4.73. The van der Waals surface area contributed by atoms with Gasteiger partial charge in [-0.15, -0.1) is 0 Å². The summed E-state index contributed by atoms with van der Waals surface area (Å²) in [4.78, 5) is 37.1. The lowest BCUT2D eigenvalue weighted by atomic mass is 10.1. The van der Waals surface area contributed by atoms with Crippen molar-refractivity contribution in [3.8, 4) is 0 Å². The first-order valence-corrected chi connectivity index (χ1v) is 9.43. The van der Waals surface area contributed by atoms with Crippen LogP contribution in [0, 0.1) is 0 Å². The molecule has 0 aliphatic carbocycles. The van der Waals surface area contributed by atoms with Crippen molar-refractivity contribution in [1.29, 1.82) is 0 Å². The van der Waals surface area contributed by atoms with Crippen LogP contribution in [-0.2, 0) is 34.0 Å². The topological polar surface area (TPSA) is 75.7 Å². The molecule has 1 aliphatic heterocycles. The molecule has 0 saturated carbocycles. The van der Waals surface area contributed by atoms with Crippen LogP contribution in [0.4, 0.5) is 0 Å². The number of likely N-dealkylation sites (tertiary alicyclic amines) is 1. The lowest BCUT2D eigenvalue weighted by Gasteiger charge is -2.14. The number of imide groups is 1. The van der Waals surface area contributed by atoms with E-state index in [0.29, 0.717) is 25.3 Å². The van der Waals surface area contributed by atoms with E-state index >= 15 is 0 Å². The molecule has 2 aromatic carbocycles. The molecule has 1 fully saturated rings. The SMILES string of the molecule is CCOCc1ccccc1CNC(=O)c1ccc(CN2C(=O)CCC2=O)cc1. The van der Waals surface area contributed by atoms with Crippen molar-refractivity contribution in [2.75, 3.05) is 6.61 Å². The molecule has 28 heavy (non-hydrogen) atoms. The Kier molecular flexibility index (Phi) is 6.55. The van der Waals surface area contributed by atoms with E-state index in [1.54, 1.807) is 24.3 Å². The molecule has 3 amide bonds. The van der Waals surface area contributed by atoms with E-state index in [9.17, 15) is 14.4 Å². The molecule has 0 aromatic heterocycles. The van der Waals surface area contributed by atoms with Gasteiger partial charge < -0.3 is 10.1 Å². The highest BCUT2D eigenvalue weighted by molar-refractivity contribution is 6.01. The largest absolute Gasteiger partial charge is 0.377 e. The molecule has 3 rings (SSSR count). The first-order valence-electron chi connectivity index (χ1n) is 9.43. The van der Waals surface area contributed by atoms with Gasteiger partial charge in [-0.1, -0.05) is 36.4 Å². The second-order valence-electron chi connectivity index (χ2n) is 6.66. The lowest BCUT2D eigenvalue weighted by molar-refractivity contribution is -0.139. The summed E-state index contributed by atoms with van der Waals surface area (Å²) in [7, 11) is 0. The molecule has 6 heteroatoms. The number of carbonyl (C=O) groups excluding carboxylic acids is 3. The van der Waals surface area contributed by atoms with Crippen LogP contribution in [-0.4, -0.2) is 29.2 Å². The highest BCUT2D eigenvalue weighted by Gasteiger charge is 2.28. The van der Waals surface area contributed by atoms with E-state index in [0.717, 1.165) is 16.7 Å². The fourth-order valence-electron chi connectivity index (χ4n) is 3.10. The van der Waals surface area contributed by atoms with E-state index < -0.39 is 0 Å². The van der Waals surface area contributed by atoms with Crippen molar-refractivity contribution in [2.24, 2.45) is 0 Å². The van der Waals surface area contributed by atoms with Gasteiger partial charge in [0.2, 0.25) is 11.8 Å². The van der Waals surface area contributed by atoms with Crippen LogP contribution < -0.4 is 5.32 Å². The molecule has 0 radical (unpaired) electrons.